The minimum atomic E-state index is -0.606. The van der Waals surface area contributed by atoms with Gasteiger partial charge in [-0.05, 0) is 24.3 Å². The van der Waals surface area contributed by atoms with Crippen molar-refractivity contribution in [3.63, 3.8) is 0 Å². The normalized spacial score (nSPS) is 9.09. The van der Waals surface area contributed by atoms with Crippen LogP contribution >= 0.6 is 0 Å². The number of aromatic hydroxyl groups is 1. The fraction of sp³-hybridized carbons (Fsp3) is 0. The van der Waals surface area contributed by atoms with Crippen LogP contribution in [0.15, 0.2) is 29.4 Å². The zero-order chi connectivity index (χ0) is 8.27. The summed E-state index contributed by atoms with van der Waals surface area (Å²) in [5, 5.41) is 11.5. The third-order valence-electron chi connectivity index (χ3n) is 1.22. The molecule has 1 aromatic rings. The molecule has 11 heavy (non-hydrogen) atoms. The summed E-state index contributed by atoms with van der Waals surface area (Å²) in [7, 11) is 0. The van der Waals surface area contributed by atoms with Gasteiger partial charge in [-0.3, -0.25) is 4.79 Å². The van der Waals surface area contributed by atoms with E-state index in [9.17, 15) is 4.79 Å². The van der Waals surface area contributed by atoms with E-state index in [0.717, 1.165) is 0 Å². The van der Waals surface area contributed by atoms with Gasteiger partial charge in [0.15, 0.2) is 0 Å². The first-order valence-corrected chi connectivity index (χ1v) is 2.95. The second-order valence-corrected chi connectivity index (χ2v) is 1.96. The Morgan fingerprint density at radius 1 is 1.36 bits per heavy atom. The summed E-state index contributed by atoms with van der Waals surface area (Å²) >= 11 is 0. The lowest BCUT2D eigenvalue weighted by molar-refractivity contribution is 0.0991. The molecule has 0 aliphatic carbocycles. The van der Waals surface area contributed by atoms with Crippen LogP contribution in [0.5, 0.6) is 5.75 Å². The lowest BCUT2D eigenvalue weighted by Crippen LogP contribution is -1.91. The topological polar surface area (TPSA) is 73.5 Å². The predicted octanol–water partition coefficient (Wildman–Crippen LogP) is 1.56. The van der Waals surface area contributed by atoms with Gasteiger partial charge in [0, 0.05) is 5.56 Å². The number of nitrogens with zero attached hydrogens (tertiary/aromatic N) is 1. The zero-order valence-corrected chi connectivity index (χ0v) is 5.61. The van der Waals surface area contributed by atoms with Gasteiger partial charge >= 0.3 is 0 Å². The van der Waals surface area contributed by atoms with Crippen molar-refractivity contribution < 1.29 is 9.90 Å². The van der Waals surface area contributed by atoms with Gasteiger partial charge in [0.05, 0.1) is 0 Å². The number of benzene rings is 1. The Bertz CT molecular complexity index is 279. The zero-order valence-electron chi connectivity index (χ0n) is 5.61. The molecule has 0 aliphatic heterocycles. The molecule has 0 bridgehead atoms. The van der Waals surface area contributed by atoms with Crippen LogP contribution in [0.2, 0.25) is 0 Å². The van der Waals surface area contributed by atoms with E-state index >= 15 is 0 Å². The van der Waals surface area contributed by atoms with Gasteiger partial charge in [-0.1, -0.05) is 0 Å². The number of amides is 1. The molecular weight excluding hydrogens is 144 g/mol. The van der Waals surface area contributed by atoms with Gasteiger partial charge in [-0.15, -0.1) is 5.11 Å². The lowest BCUT2D eigenvalue weighted by Gasteiger charge is -1.92. The standard InChI is InChI=1S/C7H6N2O2/c8-9-7(11)5-1-3-6(10)4-2-5/h1-4,8,10H. The van der Waals surface area contributed by atoms with Gasteiger partial charge < -0.3 is 5.11 Å². The largest absolute Gasteiger partial charge is 0.508 e. The Labute approximate surface area is 63.0 Å². The maximum Gasteiger partial charge on any atom is 0.294 e. The smallest absolute Gasteiger partial charge is 0.294 e. The Balaban J connectivity index is 2.98. The molecule has 0 aromatic heterocycles. The summed E-state index contributed by atoms with van der Waals surface area (Å²) in [4.78, 5) is 10.7. The molecule has 0 spiro atoms. The molecule has 1 rings (SSSR count). The average Bonchev–Trinajstić information content (AvgIpc) is 2.05. The summed E-state index contributed by atoms with van der Waals surface area (Å²) in [5.74, 6) is -0.517. The van der Waals surface area contributed by atoms with Gasteiger partial charge in [0.1, 0.15) is 5.75 Å². The molecule has 4 nitrogen and oxygen atoms in total. The molecule has 0 atom stereocenters. The molecular formula is C7H6N2O2. The van der Waals surface area contributed by atoms with E-state index in [1.165, 1.54) is 24.3 Å². The summed E-state index contributed by atoms with van der Waals surface area (Å²) in [6.45, 7) is 0. The molecule has 0 saturated carbocycles. The number of nitrogens with one attached hydrogen (secondary N) is 1. The number of hydrogen-bond acceptors (Lipinski definition) is 3. The molecule has 0 fully saturated rings. The van der Waals surface area contributed by atoms with E-state index < -0.39 is 5.91 Å². The number of phenols is 1. The summed E-state index contributed by atoms with van der Waals surface area (Å²) in [6.07, 6.45) is 0. The van der Waals surface area contributed by atoms with E-state index in [2.05, 4.69) is 5.11 Å². The number of rotatable bonds is 1. The third kappa shape index (κ3) is 1.61. The highest BCUT2D eigenvalue weighted by Crippen LogP contribution is 2.09. The van der Waals surface area contributed by atoms with Crippen LogP contribution in [0.4, 0.5) is 0 Å². The van der Waals surface area contributed by atoms with Gasteiger partial charge in [0.2, 0.25) is 0 Å². The molecule has 0 saturated heterocycles. The van der Waals surface area contributed by atoms with E-state index in [-0.39, 0.29) is 5.75 Å². The maximum absolute atomic E-state index is 10.7. The number of carbonyl (C=O) groups is 1. The molecule has 0 unspecified atom stereocenters. The van der Waals surface area contributed by atoms with Crippen LogP contribution in [0.1, 0.15) is 10.4 Å². The Kier molecular flexibility index (Phi) is 1.96. The maximum atomic E-state index is 10.7. The molecule has 0 aliphatic rings. The minimum absolute atomic E-state index is 0.0894. The van der Waals surface area contributed by atoms with Gasteiger partial charge in [-0.25, -0.2) is 5.53 Å². The highest BCUT2D eigenvalue weighted by atomic mass is 16.3. The van der Waals surface area contributed by atoms with Crippen LogP contribution in [0.3, 0.4) is 0 Å². The first-order valence-electron chi connectivity index (χ1n) is 2.95. The van der Waals surface area contributed by atoms with Crippen LogP contribution in [0.25, 0.3) is 0 Å². The van der Waals surface area contributed by atoms with Crippen LogP contribution in [0, 0.1) is 5.53 Å². The average molecular weight is 150 g/mol. The highest BCUT2D eigenvalue weighted by Gasteiger charge is 2.01. The SMILES string of the molecule is N=NC(=O)c1ccc(O)cc1. The predicted molar refractivity (Wildman–Crippen MR) is 37.6 cm³/mol. The van der Waals surface area contributed by atoms with Gasteiger partial charge in [-0.2, -0.15) is 0 Å². The summed E-state index contributed by atoms with van der Waals surface area (Å²) in [6, 6.07) is 5.57. The van der Waals surface area contributed by atoms with Crippen molar-refractivity contribution in [1.82, 2.24) is 0 Å². The molecule has 56 valence electrons. The Morgan fingerprint density at radius 2 is 1.91 bits per heavy atom. The lowest BCUT2D eigenvalue weighted by atomic mass is 10.2. The van der Waals surface area contributed by atoms with Crippen molar-refractivity contribution in [3.8, 4) is 5.75 Å². The van der Waals surface area contributed by atoms with Crippen LogP contribution < -0.4 is 0 Å². The molecule has 1 amide bonds. The van der Waals surface area contributed by atoms with E-state index in [1.54, 1.807) is 0 Å². The fourth-order valence-electron chi connectivity index (χ4n) is 0.669. The number of phenolic OH excluding ortho intramolecular Hbond substituents is 1. The van der Waals surface area contributed by atoms with Crippen molar-refractivity contribution in [2.75, 3.05) is 0 Å². The van der Waals surface area contributed by atoms with Crippen molar-refractivity contribution in [3.05, 3.63) is 29.8 Å². The van der Waals surface area contributed by atoms with Crippen molar-refractivity contribution >= 4 is 5.91 Å². The monoisotopic (exact) mass is 150 g/mol. The highest BCUT2D eigenvalue weighted by molar-refractivity contribution is 5.94. The summed E-state index contributed by atoms with van der Waals surface area (Å²) in [5.41, 5.74) is 6.72. The van der Waals surface area contributed by atoms with Crippen LogP contribution in [-0.4, -0.2) is 11.0 Å². The summed E-state index contributed by atoms with van der Waals surface area (Å²) < 4.78 is 0. The van der Waals surface area contributed by atoms with E-state index in [1.807, 2.05) is 0 Å². The third-order valence-corrected chi connectivity index (χ3v) is 1.22. The Hall–Kier alpha value is -1.71. The van der Waals surface area contributed by atoms with E-state index in [0.29, 0.717) is 5.56 Å². The quantitative estimate of drug-likeness (QED) is 0.596. The molecule has 1 aromatic carbocycles. The first-order chi connectivity index (χ1) is 5.24. The molecule has 0 radical (unpaired) electrons. The molecule has 0 heterocycles. The Morgan fingerprint density at radius 3 is 2.36 bits per heavy atom. The second kappa shape index (κ2) is 2.92. The van der Waals surface area contributed by atoms with Crippen molar-refractivity contribution in [2.45, 2.75) is 0 Å². The van der Waals surface area contributed by atoms with Crippen molar-refractivity contribution in [1.29, 1.82) is 5.53 Å². The fourth-order valence-corrected chi connectivity index (χ4v) is 0.669. The van der Waals surface area contributed by atoms with Crippen LogP contribution in [-0.2, 0) is 0 Å². The molecule has 4 heteroatoms. The number of carbonyl (C=O) groups excluding carboxylic acids is 1. The first kappa shape index (κ1) is 7.40. The molecule has 2 N–H and O–H groups in total. The van der Waals surface area contributed by atoms with Gasteiger partial charge in [0.25, 0.3) is 5.91 Å². The van der Waals surface area contributed by atoms with Crippen molar-refractivity contribution in [2.24, 2.45) is 5.11 Å². The van der Waals surface area contributed by atoms with E-state index in [4.69, 9.17) is 10.6 Å². The second-order valence-electron chi connectivity index (χ2n) is 1.96. The minimum Gasteiger partial charge on any atom is -0.508 e. The number of hydrogen-bond donors (Lipinski definition) is 2.